The number of aromatic nitrogens is 2. The molecule has 0 fully saturated rings. The number of thiophene rings is 1. The number of nitrogens with zero attached hydrogens (tertiary/aromatic N) is 3. The van der Waals surface area contributed by atoms with E-state index < -0.39 is 10.8 Å². The molecule has 0 aliphatic heterocycles. The number of nitrogens with one attached hydrogen (secondary N) is 1. The van der Waals surface area contributed by atoms with Crippen LogP contribution >= 0.6 is 11.3 Å². The molecule has 0 radical (unpaired) electrons. The van der Waals surface area contributed by atoms with E-state index in [0.717, 1.165) is 11.3 Å². The highest BCUT2D eigenvalue weighted by atomic mass is 32.1. The van der Waals surface area contributed by atoms with Crippen molar-refractivity contribution in [3.63, 3.8) is 0 Å². The van der Waals surface area contributed by atoms with E-state index >= 15 is 0 Å². The van der Waals surface area contributed by atoms with Gasteiger partial charge in [-0.1, -0.05) is 0 Å². The van der Waals surface area contributed by atoms with Crippen molar-refractivity contribution in [2.24, 2.45) is 0 Å². The Morgan fingerprint density at radius 2 is 2.04 bits per heavy atom. The van der Waals surface area contributed by atoms with Crippen molar-refractivity contribution < 1.29 is 14.5 Å². The first-order chi connectivity index (χ1) is 12.0. The minimum atomic E-state index is -0.499. The zero-order valence-electron chi connectivity index (χ0n) is 13.0. The van der Waals surface area contributed by atoms with Crippen LogP contribution in [-0.4, -0.2) is 20.8 Å². The fraction of sp³-hybridized carbons (Fsp3) is 0.0625. The Morgan fingerprint density at radius 1 is 1.28 bits per heavy atom. The molecular formula is C16H12N4O4S. The number of anilines is 1. The summed E-state index contributed by atoms with van der Waals surface area (Å²) in [5.41, 5.74) is 0.494. The highest BCUT2D eigenvalue weighted by Gasteiger charge is 2.19. The van der Waals surface area contributed by atoms with Crippen LogP contribution in [-0.2, 0) is 0 Å². The highest BCUT2D eigenvalue weighted by Crippen LogP contribution is 2.29. The monoisotopic (exact) mass is 356 g/mol. The van der Waals surface area contributed by atoms with Crippen molar-refractivity contribution >= 4 is 28.6 Å². The number of benzene rings is 1. The topological polar surface area (TPSA) is 107 Å². The number of carbonyl (C=O) groups excluding carboxylic acids is 1. The van der Waals surface area contributed by atoms with Crippen molar-refractivity contribution in [1.82, 2.24) is 9.97 Å². The third-order valence-corrected chi connectivity index (χ3v) is 4.22. The largest absolute Gasteiger partial charge is 0.438 e. The van der Waals surface area contributed by atoms with Crippen LogP contribution in [0.4, 0.5) is 11.4 Å². The van der Waals surface area contributed by atoms with E-state index in [9.17, 15) is 14.9 Å². The van der Waals surface area contributed by atoms with Gasteiger partial charge >= 0.3 is 0 Å². The third-order valence-electron chi connectivity index (χ3n) is 3.19. The molecule has 0 saturated carbocycles. The molecule has 3 aromatic rings. The minimum absolute atomic E-state index is 0.0529. The van der Waals surface area contributed by atoms with Crippen LogP contribution in [0.15, 0.2) is 48.9 Å². The van der Waals surface area contributed by atoms with Gasteiger partial charge < -0.3 is 10.1 Å². The molecule has 8 nitrogen and oxygen atoms in total. The summed E-state index contributed by atoms with van der Waals surface area (Å²) in [4.78, 5) is 31.2. The summed E-state index contributed by atoms with van der Waals surface area (Å²) in [5.74, 6) is 0.505. The van der Waals surface area contributed by atoms with Crippen LogP contribution in [0, 0.1) is 17.0 Å². The van der Waals surface area contributed by atoms with E-state index in [1.807, 2.05) is 0 Å². The van der Waals surface area contributed by atoms with Gasteiger partial charge in [0.2, 0.25) is 5.88 Å². The zero-order valence-corrected chi connectivity index (χ0v) is 13.8. The van der Waals surface area contributed by atoms with Gasteiger partial charge in [-0.15, -0.1) is 11.3 Å². The van der Waals surface area contributed by atoms with Gasteiger partial charge in [0.1, 0.15) is 5.75 Å². The van der Waals surface area contributed by atoms with Crippen LogP contribution in [0.1, 0.15) is 14.5 Å². The van der Waals surface area contributed by atoms with E-state index in [1.54, 1.807) is 37.4 Å². The molecule has 126 valence electrons. The standard InChI is InChI=1S/C16H12N4O4S/c1-10-13(20(22)23)8-14(25-10)16(21)19-11-2-4-12(5-3-11)24-15-9-17-6-7-18-15/h2-9H,1H3,(H,19,21). The van der Waals surface area contributed by atoms with Crippen LogP contribution in [0.25, 0.3) is 0 Å². The number of hydrogen-bond acceptors (Lipinski definition) is 7. The zero-order chi connectivity index (χ0) is 17.8. The molecule has 25 heavy (non-hydrogen) atoms. The van der Waals surface area contributed by atoms with Crippen molar-refractivity contribution in [3.8, 4) is 11.6 Å². The number of nitro groups is 1. The maximum atomic E-state index is 12.2. The Hall–Kier alpha value is -3.33. The van der Waals surface area contributed by atoms with Crippen molar-refractivity contribution in [2.45, 2.75) is 6.92 Å². The first-order valence-corrected chi connectivity index (χ1v) is 7.94. The number of aryl methyl sites for hydroxylation is 1. The lowest BCUT2D eigenvalue weighted by atomic mass is 10.3. The smallest absolute Gasteiger partial charge is 0.283 e. The second-order valence-electron chi connectivity index (χ2n) is 4.93. The molecule has 0 saturated heterocycles. The Labute approximate surface area is 146 Å². The summed E-state index contributed by atoms with van der Waals surface area (Å²) in [6.07, 6.45) is 4.55. The first-order valence-electron chi connectivity index (χ1n) is 7.13. The highest BCUT2D eigenvalue weighted by molar-refractivity contribution is 7.14. The summed E-state index contributed by atoms with van der Waals surface area (Å²) < 4.78 is 5.51. The summed E-state index contributed by atoms with van der Waals surface area (Å²) >= 11 is 1.08. The van der Waals surface area contributed by atoms with Gasteiger partial charge in [-0.3, -0.25) is 19.9 Å². The quantitative estimate of drug-likeness (QED) is 0.550. The maximum absolute atomic E-state index is 12.2. The molecule has 0 bridgehead atoms. The average Bonchev–Trinajstić information content (AvgIpc) is 3.00. The molecule has 9 heteroatoms. The summed E-state index contributed by atoms with van der Waals surface area (Å²) in [5, 5.41) is 13.6. The molecule has 0 spiro atoms. The molecule has 3 rings (SSSR count). The van der Waals surface area contributed by atoms with Crippen molar-refractivity contribution in [1.29, 1.82) is 0 Å². The molecule has 2 heterocycles. The van der Waals surface area contributed by atoms with E-state index in [2.05, 4.69) is 15.3 Å². The predicted octanol–water partition coefficient (Wildman–Crippen LogP) is 3.80. The number of amides is 1. The van der Waals surface area contributed by atoms with Gasteiger partial charge in [-0.25, -0.2) is 4.98 Å². The number of ether oxygens (including phenoxy) is 1. The Balaban J connectivity index is 1.68. The van der Waals surface area contributed by atoms with Gasteiger partial charge in [-0.05, 0) is 31.2 Å². The number of rotatable bonds is 5. The summed E-state index contributed by atoms with van der Waals surface area (Å²) in [6, 6.07) is 7.96. The van der Waals surface area contributed by atoms with Crippen LogP contribution in [0.5, 0.6) is 11.6 Å². The lowest BCUT2D eigenvalue weighted by Gasteiger charge is -2.06. The summed E-state index contributed by atoms with van der Waals surface area (Å²) in [6.45, 7) is 1.61. The Morgan fingerprint density at radius 3 is 2.64 bits per heavy atom. The first kappa shape index (κ1) is 16.5. The minimum Gasteiger partial charge on any atom is -0.438 e. The molecular weight excluding hydrogens is 344 g/mol. The second kappa shape index (κ2) is 7.05. The predicted molar refractivity (Wildman–Crippen MR) is 92.2 cm³/mol. The normalized spacial score (nSPS) is 10.3. The molecule has 1 amide bonds. The SMILES string of the molecule is Cc1sc(C(=O)Nc2ccc(Oc3cnccn3)cc2)cc1[N+](=O)[O-]. The number of carbonyl (C=O) groups is 1. The second-order valence-corrected chi connectivity index (χ2v) is 6.19. The van der Waals surface area contributed by atoms with E-state index in [4.69, 9.17) is 4.74 Å². The van der Waals surface area contributed by atoms with Gasteiger partial charge in [0.05, 0.1) is 20.9 Å². The van der Waals surface area contributed by atoms with E-state index in [0.29, 0.717) is 22.2 Å². The van der Waals surface area contributed by atoms with Gasteiger partial charge in [-0.2, -0.15) is 0 Å². The van der Waals surface area contributed by atoms with Crippen LogP contribution in [0.3, 0.4) is 0 Å². The van der Waals surface area contributed by atoms with Crippen LogP contribution in [0.2, 0.25) is 0 Å². The molecule has 0 unspecified atom stereocenters. The Kier molecular flexibility index (Phi) is 4.66. The molecule has 0 aliphatic rings. The fourth-order valence-corrected chi connectivity index (χ4v) is 2.91. The van der Waals surface area contributed by atoms with Crippen molar-refractivity contribution in [2.75, 3.05) is 5.32 Å². The molecule has 0 aliphatic carbocycles. The van der Waals surface area contributed by atoms with Gasteiger partial charge in [0.15, 0.2) is 0 Å². The number of hydrogen-bond donors (Lipinski definition) is 1. The average molecular weight is 356 g/mol. The fourth-order valence-electron chi connectivity index (χ4n) is 2.02. The third kappa shape index (κ3) is 3.96. The van der Waals surface area contributed by atoms with E-state index in [-0.39, 0.29) is 10.6 Å². The molecule has 1 N–H and O–H groups in total. The lowest BCUT2D eigenvalue weighted by Crippen LogP contribution is -2.09. The molecule has 2 aromatic heterocycles. The molecule has 0 atom stereocenters. The van der Waals surface area contributed by atoms with Gasteiger partial charge in [0.25, 0.3) is 11.6 Å². The van der Waals surface area contributed by atoms with Crippen molar-refractivity contribution in [3.05, 3.63) is 68.8 Å². The van der Waals surface area contributed by atoms with Gasteiger partial charge in [0, 0.05) is 24.1 Å². The van der Waals surface area contributed by atoms with Crippen LogP contribution < -0.4 is 10.1 Å². The Bertz CT molecular complexity index is 910. The summed E-state index contributed by atoms with van der Waals surface area (Å²) in [7, 11) is 0. The maximum Gasteiger partial charge on any atom is 0.283 e. The van der Waals surface area contributed by atoms with E-state index in [1.165, 1.54) is 18.5 Å². The molecule has 1 aromatic carbocycles. The lowest BCUT2D eigenvalue weighted by molar-refractivity contribution is -0.385.